The predicted molar refractivity (Wildman–Crippen MR) is 89.9 cm³/mol. The van der Waals surface area contributed by atoms with Crippen LogP contribution < -0.4 is 5.32 Å². The van der Waals surface area contributed by atoms with E-state index in [-0.39, 0.29) is 12.1 Å². The molecular weight excluding hydrogens is 288 g/mol. The van der Waals surface area contributed by atoms with Gasteiger partial charge in [-0.3, -0.25) is 4.68 Å². The lowest BCUT2D eigenvalue weighted by atomic mass is 10.1. The maximum Gasteiger partial charge on any atom is 0.151 e. The molecule has 0 saturated carbocycles. The van der Waals surface area contributed by atoms with Crippen LogP contribution in [0.25, 0.3) is 11.3 Å². The van der Waals surface area contributed by atoms with Crippen LogP contribution in [0.15, 0.2) is 53.3 Å². The lowest BCUT2D eigenvalue weighted by Crippen LogP contribution is -2.33. The summed E-state index contributed by atoms with van der Waals surface area (Å²) in [6.45, 7) is 7.00. The zero-order chi connectivity index (χ0) is 16.2. The third-order valence-electron chi connectivity index (χ3n) is 4.10. The third kappa shape index (κ3) is 3.68. The van der Waals surface area contributed by atoms with Crippen LogP contribution in [0.4, 0.5) is 0 Å². The Balaban J connectivity index is 1.59. The van der Waals surface area contributed by atoms with Crippen molar-refractivity contribution < 1.29 is 4.52 Å². The van der Waals surface area contributed by atoms with Crippen molar-refractivity contribution in [2.24, 2.45) is 0 Å². The van der Waals surface area contributed by atoms with Crippen LogP contribution in [0.1, 0.15) is 31.2 Å². The van der Waals surface area contributed by atoms with Crippen molar-refractivity contribution in [3.63, 3.8) is 0 Å². The molecule has 3 aromatic rings. The van der Waals surface area contributed by atoms with Crippen LogP contribution in [0.2, 0.25) is 0 Å². The number of aryl methyl sites for hydroxylation is 1. The molecule has 0 saturated heterocycles. The minimum atomic E-state index is 0.263. The Bertz CT molecular complexity index is 747. The minimum absolute atomic E-state index is 0.263. The van der Waals surface area contributed by atoms with Crippen LogP contribution >= 0.6 is 0 Å². The highest BCUT2D eigenvalue weighted by molar-refractivity contribution is 5.58. The molecule has 0 spiro atoms. The number of hydrogen-bond acceptors (Lipinski definition) is 4. The van der Waals surface area contributed by atoms with Gasteiger partial charge in [-0.2, -0.15) is 5.10 Å². The van der Waals surface area contributed by atoms with Gasteiger partial charge in [0.25, 0.3) is 0 Å². The molecule has 0 aliphatic heterocycles. The van der Waals surface area contributed by atoms with E-state index in [0.29, 0.717) is 6.54 Å². The topological polar surface area (TPSA) is 55.9 Å². The number of hydrogen-bond donors (Lipinski definition) is 1. The molecule has 120 valence electrons. The monoisotopic (exact) mass is 310 g/mol. The molecule has 3 rings (SSSR count). The van der Waals surface area contributed by atoms with Gasteiger partial charge < -0.3 is 9.84 Å². The van der Waals surface area contributed by atoms with Crippen LogP contribution in [0.5, 0.6) is 0 Å². The highest BCUT2D eigenvalue weighted by Gasteiger charge is 2.15. The number of benzene rings is 1. The molecule has 0 aliphatic rings. The molecule has 2 heterocycles. The standard InChI is InChI=1S/C18H22N4O/c1-13-10-20-22(12-13)15(3)14(2)19-11-17-9-18(21-23-17)16-7-5-4-6-8-16/h4-10,12,14-15,19H,11H2,1-3H3/t14-,15+/m1/s1. The second-order valence-corrected chi connectivity index (χ2v) is 5.95. The maximum absolute atomic E-state index is 5.42. The van der Waals surface area contributed by atoms with Crippen molar-refractivity contribution in [2.75, 3.05) is 0 Å². The summed E-state index contributed by atoms with van der Waals surface area (Å²) in [5, 5.41) is 12.0. The van der Waals surface area contributed by atoms with Crippen molar-refractivity contribution >= 4 is 0 Å². The Morgan fingerprint density at radius 3 is 2.70 bits per heavy atom. The van der Waals surface area contributed by atoms with E-state index in [9.17, 15) is 0 Å². The summed E-state index contributed by atoms with van der Waals surface area (Å²) >= 11 is 0. The lowest BCUT2D eigenvalue weighted by molar-refractivity contribution is 0.330. The van der Waals surface area contributed by atoms with E-state index < -0.39 is 0 Å². The maximum atomic E-state index is 5.42. The Kier molecular flexibility index (Phi) is 4.57. The quantitative estimate of drug-likeness (QED) is 0.756. The van der Waals surface area contributed by atoms with E-state index in [1.54, 1.807) is 0 Å². The highest BCUT2D eigenvalue weighted by atomic mass is 16.5. The molecule has 1 N–H and O–H groups in total. The van der Waals surface area contributed by atoms with Crippen molar-refractivity contribution in [3.8, 4) is 11.3 Å². The molecular formula is C18H22N4O. The molecule has 5 nitrogen and oxygen atoms in total. The van der Waals surface area contributed by atoms with E-state index in [1.807, 2.05) is 54.2 Å². The zero-order valence-electron chi connectivity index (χ0n) is 13.7. The Morgan fingerprint density at radius 2 is 2.00 bits per heavy atom. The fraction of sp³-hybridized carbons (Fsp3) is 0.333. The van der Waals surface area contributed by atoms with Gasteiger partial charge in [0.1, 0.15) is 5.69 Å². The van der Waals surface area contributed by atoms with Crippen LogP contribution in [-0.4, -0.2) is 21.0 Å². The van der Waals surface area contributed by atoms with E-state index in [1.165, 1.54) is 5.56 Å². The Hall–Kier alpha value is -2.40. The first kappa shape index (κ1) is 15.5. The van der Waals surface area contributed by atoms with Gasteiger partial charge in [-0.15, -0.1) is 0 Å². The average molecular weight is 310 g/mol. The Labute approximate surface area is 136 Å². The number of aromatic nitrogens is 3. The molecule has 0 aliphatic carbocycles. The van der Waals surface area contributed by atoms with E-state index in [0.717, 1.165) is 17.0 Å². The van der Waals surface area contributed by atoms with Crippen molar-refractivity contribution in [1.82, 2.24) is 20.3 Å². The Morgan fingerprint density at radius 1 is 1.22 bits per heavy atom. The van der Waals surface area contributed by atoms with E-state index in [2.05, 4.69) is 35.6 Å². The number of nitrogens with zero attached hydrogens (tertiary/aromatic N) is 3. The summed E-state index contributed by atoms with van der Waals surface area (Å²) in [6, 6.07) is 12.6. The van der Waals surface area contributed by atoms with Crippen molar-refractivity contribution in [3.05, 3.63) is 60.1 Å². The molecule has 0 bridgehead atoms. The molecule has 0 amide bonds. The lowest BCUT2D eigenvalue weighted by Gasteiger charge is -2.21. The van der Waals surface area contributed by atoms with Gasteiger partial charge in [-0.1, -0.05) is 35.5 Å². The summed E-state index contributed by atoms with van der Waals surface area (Å²) in [5.74, 6) is 0.833. The minimum Gasteiger partial charge on any atom is -0.359 e. The van der Waals surface area contributed by atoms with Gasteiger partial charge >= 0.3 is 0 Å². The molecule has 23 heavy (non-hydrogen) atoms. The predicted octanol–water partition coefficient (Wildman–Crippen LogP) is 3.59. The molecule has 0 fully saturated rings. The van der Waals surface area contributed by atoms with Crippen LogP contribution in [-0.2, 0) is 6.54 Å². The fourth-order valence-electron chi connectivity index (χ4n) is 2.46. The second kappa shape index (κ2) is 6.79. The van der Waals surface area contributed by atoms with Gasteiger partial charge in [-0.05, 0) is 26.3 Å². The number of rotatable bonds is 6. The average Bonchev–Trinajstić information content (AvgIpc) is 3.22. The van der Waals surface area contributed by atoms with Gasteiger partial charge in [0.15, 0.2) is 5.76 Å². The first-order valence-electron chi connectivity index (χ1n) is 7.88. The van der Waals surface area contributed by atoms with E-state index in [4.69, 9.17) is 4.52 Å². The highest BCUT2D eigenvalue weighted by Crippen LogP contribution is 2.19. The largest absolute Gasteiger partial charge is 0.359 e. The van der Waals surface area contributed by atoms with Gasteiger partial charge in [0.05, 0.1) is 18.8 Å². The smallest absolute Gasteiger partial charge is 0.151 e. The number of nitrogens with one attached hydrogen (secondary N) is 1. The molecule has 5 heteroatoms. The summed E-state index contributed by atoms with van der Waals surface area (Å²) in [4.78, 5) is 0. The first-order chi connectivity index (χ1) is 11.1. The molecule has 0 radical (unpaired) electrons. The second-order valence-electron chi connectivity index (χ2n) is 5.95. The molecule has 2 aromatic heterocycles. The fourth-order valence-corrected chi connectivity index (χ4v) is 2.46. The van der Waals surface area contributed by atoms with Crippen molar-refractivity contribution in [1.29, 1.82) is 0 Å². The van der Waals surface area contributed by atoms with Gasteiger partial charge in [0, 0.05) is 23.9 Å². The van der Waals surface area contributed by atoms with E-state index >= 15 is 0 Å². The summed E-state index contributed by atoms with van der Waals surface area (Å²) in [5.41, 5.74) is 3.11. The summed E-state index contributed by atoms with van der Waals surface area (Å²) in [7, 11) is 0. The van der Waals surface area contributed by atoms with Gasteiger partial charge in [0.2, 0.25) is 0 Å². The molecule has 1 aromatic carbocycles. The summed E-state index contributed by atoms with van der Waals surface area (Å²) in [6.07, 6.45) is 3.94. The zero-order valence-corrected chi connectivity index (χ0v) is 13.7. The SMILES string of the molecule is Cc1cnn([C@@H](C)[C@@H](C)NCc2cc(-c3ccccc3)no2)c1. The van der Waals surface area contributed by atoms with Crippen LogP contribution in [0.3, 0.4) is 0 Å². The third-order valence-corrected chi connectivity index (χ3v) is 4.10. The molecule has 2 atom stereocenters. The molecule has 0 unspecified atom stereocenters. The van der Waals surface area contributed by atoms with Crippen LogP contribution in [0, 0.1) is 6.92 Å². The van der Waals surface area contributed by atoms with Gasteiger partial charge in [-0.25, -0.2) is 0 Å². The summed E-state index contributed by atoms with van der Waals surface area (Å²) < 4.78 is 7.41. The first-order valence-corrected chi connectivity index (χ1v) is 7.88. The normalized spacial score (nSPS) is 13.9. The van der Waals surface area contributed by atoms with Crippen molar-refractivity contribution in [2.45, 2.75) is 39.4 Å².